The van der Waals surface area contributed by atoms with E-state index in [0.29, 0.717) is 13.2 Å². The van der Waals surface area contributed by atoms with Crippen molar-refractivity contribution in [2.45, 2.75) is 32.1 Å². The molecule has 1 aliphatic rings. The van der Waals surface area contributed by atoms with E-state index in [2.05, 4.69) is 5.32 Å². The fraction of sp³-hybridized carbons (Fsp3) is 0.533. The van der Waals surface area contributed by atoms with Crippen molar-refractivity contribution < 1.29 is 9.53 Å². The van der Waals surface area contributed by atoms with Gasteiger partial charge in [0.1, 0.15) is 5.75 Å². The van der Waals surface area contributed by atoms with E-state index >= 15 is 0 Å². The summed E-state index contributed by atoms with van der Waals surface area (Å²) in [5, 5.41) is 2.99. The smallest absolute Gasteiger partial charge is 0.223 e. The highest BCUT2D eigenvalue weighted by molar-refractivity contribution is 5.78. The Balaban J connectivity index is 1.54. The average Bonchev–Trinajstić information content (AvgIpc) is 2.93. The molecule has 0 spiro atoms. The van der Waals surface area contributed by atoms with Crippen LogP contribution in [0.2, 0.25) is 0 Å². The van der Waals surface area contributed by atoms with Gasteiger partial charge in [-0.05, 0) is 31.4 Å². The van der Waals surface area contributed by atoms with Gasteiger partial charge in [0.05, 0.1) is 6.61 Å². The van der Waals surface area contributed by atoms with E-state index in [-0.39, 0.29) is 11.8 Å². The Labute approximate surface area is 109 Å². The molecule has 1 saturated carbocycles. The van der Waals surface area contributed by atoms with E-state index in [0.717, 1.165) is 25.0 Å². The maximum Gasteiger partial charge on any atom is 0.223 e. The summed E-state index contributed by atoms with van der Waals surface area (Å²) in [6.07, 6.45) is 5.39. The lowest BCUT2D eigenvalue weighted by Crippen LogP contribution is -2.30. The average molecular weight is 247 g/mol. The number of hydrogen-bond acceptors (Lipinski definition) is 2. The fourth-order valence-corrected chi connectivity index (χ4v) is 2.32. The zero-order chi connectivity index (χ0) is 12.6. The zero-order valence-corrected chi connectivity index (χ0v) is 10.7. The molecule has 0 atom stereocenters. The van der Waals surface area contributed by atoms with Crippen molar-refractivity contribution in [1.29, 1.82) is 0 Å². The molecule has 1 aromatic carbocycles. The fourth-order valence-electron chi connectivity index (χ4n) is 2.32. The molecule has 1 aliphatic carbocycles. The molecule has 1 N–H and O–H groups in total. The van der Waals surface area contributed by atoms with Crippen LogP contribution in [0.3, 0.4) is 0 Å². The second-order valence-corrected chi connectivity index (χ2v) is 4.79. The van der Waals surface area contributed by atoms with E-state index in [1.54, 1.807) is 0 Å². The third-order valence-corrected chi connectivity index (χ3v) is 3.36. The lowest BCUT2D eigenvalue weighted by Gasteiger charge is -2.10. The van der Waals surface area contributed by atoms with Gasteiger partial charge in [-0.15, -0.1) is 0 Å². The highest BCUT2D eigenvalue weighted by atomic mass is 16.5. The van der Waals surface area contributed by atoms with Gasteiger partial charge in [0.15, 0.2) is 0 Å². The van der Waals surface area contributed by atoms with Crippen molar-refractivity contribution in [2.24, 2.45) is 5.92 Å². The van der Waals surface area contributed by atoms with E-state index in [9.17, 15) is 4.79 Å². The minimum atomic E-state index is 0.229. The van der Waals surface area contributed by atoms with Crippen molar-refractivity contribution >= 4 is 5.91 Å². The van der Waals surface area contributed by atoms with Crippen LogP contribution < -0.4 is 10.1 Å². The first kappa shape index (κ1) is 12.9. The summed E-state index contributed by atoms with van der Waals surface area (Å²) in [6.45, 7) is 1.36. The number of ether oxygens (including phenoxy) is 1. The van der Waals surface area contributed by atoms with Gasteiger partial charge in [0, 0.05) is 12.5 Å². The van der Waals surface area contributed by atoms with Gasteiger partial charge in [0.25, 0.3) is 0 Å². The first-order valence-electron chi connectivity index (χ1n) is 6.82. The van der Waals surface area contributed by atoms with E-state index in [1.807, 2.05) is 30.3 Å². The predicted octanol–water partition coefficient (Wildman–Crippen LogP) is 2.76. The Morgan fingerprint density at radius 1 is 1.22 bits per heavy atom. The van der Waals surface area contributed by atoms with Crippen LogP contribution in [0.1, 0.15) is 32.1 Å². The Morgan fingerprint density at radius 2 is 1.94 bits per heavy atom. The summed E-state index contributed by atoms with van der Waals surface area (Å²) in [5.74, 6) is 1.38. The van der Waals surface area contributed by atoms with E-state index in [4.69, 9.17) is 4.74 Å². The first-order valence-corrected chi connectivity index (χ1v) is 6.82. The van der Waals surface area contributed by atoms with Gasteiger partial charge < -0.3 is 10.1 Å². The Kier molecular flexibility index (Phi) is 5.06. The molecule has 0 aliphatic heterocycles. The quantitative estimate of drug-likeness (QED) is 0.785. The Bertz CT molecular complexity index is 358. The van der Waals surface area contributed by atoms with Crippen LogP contribution in [-0.2, 0) is 4.79 Å². The molecule has 0 heterocycles. The number of amides is 1. The van der Waals surface area contributed by atoms with Crippen molar-refractivity contribution in [3.8, 4) is 5.75 Å². The maximum atomic E-state index is 11.7. The molecule has 3 heteroatoms. The summed E-state index contributed by atoms with van der Waals surface area (Å²) in [7, 11) is 0. The summed E-state index contributed by atoms with van der Waals surface area (Å²) in [5.41, 5.74) is 0. The zero-order valence-electron chi connectivity index (χ0n) is 10.7. The lowest BCUT2D eigenvalue weighted by molar-refractivity contribution is -0.124. The van der Waals surface area contributed by atoms with Crippen LogP contribution in [0.4, 0.5) is 0 Å². The monoisotopic (exact) mass is 247 g/mol. The normalized spacial score (nSPS) is 15.6. The number of rotatable bonds is 6. The molecular formula is C15H21NO2. The molecule has 2 rings (SSSR count). The number of para-hydroxylation sites is 1. The van der Waals surface area contributed by atoms with Crippen LogP contribution >= 0.6 is 0 Å². The summed E-state index contributed by atoms with van der Waals surface area (Å²) >= 11 is 0. The van der Waals surface area contributed by atoms with Crippen molar-refractivity contribution in [3.05, 3.63) is 30.3 Å². The number of carbonyl (C=O) groups is 1. The molecule has 3 nitrogen and oxygen atoms in total. The highest BCUT2D eigenvalue weighted by Crippen LogP contribution is 2.24. The van der Waals surface area contributed by atoms with Gasteiger partial charge in [-0.3, -0.25) is 4.79 Å². The number of benzene rings is 1. The van der Waals surface area contributed by atoms with E-state index in [1.165, 1.54) is 12.8 Å². The summed E-state index contributed by atoms with van der Waals surface area (Å²) in [6, 6.07) is 9.76. The number of nitrogens with one attached hydrogen (secondary N) is 1. The SMILES string of the molecule is O=C(NCCCOc1ccccc1)C1CCCC1. The molecule has 0 unspecified atom stereocenters. The Hall–Kier alpha value is -1.51. The molecule has 1 aromatic rings. The minimum Gasteiger partial charge on any atom is -0.494 e. The topological polar surface area (TPSA) is 38.3 Å². The summed E-state index contributed by atoms with van der Waals surface area (Å²) in [4.78, 5) is 11.7. The highest BCUT2D eigenvalue weighted by Gasteiger charge is 2.21. The molecule has 1 fully saturated rings. The largest absolute Gasteiger partial charge is 0.494 e. The van der Waals surface area contributed by atoms with Crippen molar-refractivity contribution in [2.75, 3.05) is 13.2 Å². The van der Waals surface area contributed by atoms with Crippen LogP contribution in [-0.4, -0.2) is 19.1 Å². The van der Waals surface area contributed by atoms with Crippen LogP contribution in [0.5, 0.6) is 5.75 Å². The molecule has 0 aromatic heterocycles. The molecule has 1 amide bonds. The van der Waals surface area contributed by atoms with Crippen LogP contribution in [0, 0.1) is 5.92 Å². The van der Waals surface area contributed by atoms with Gasteiger partial charge in [-0.1, -0.05) is 31.0 Å². The van der Waals surface area contributed by atoms with Crippen molar-refractivity contribution in [1.82, 2.24) is 5.32 Å². The molecule has 0 bridgehead atoms. The first-order chi connectivity index (χ1) is 8.86. The van der Waals surface area contributed by atoms with Crippen LogP contribution in [0.15, 0.2) is 30.3 Å². The maximum absolute atomic E-state index is 11.7. The molecule has 18 heavy (non-hydrogen) atoms. The predicted molar refractivity (Wildman–Crippen MR) is 71.5 cm³/mol. The third-order valence-electron chi connectivity index (χ3n) is 3.36. The van der Waals surface area contributed by atoms with Gasteiger partial charge in [-0.25, -0.2) is 0 Å². The van der Waals surface area contributed by atoms with Gasteiger partial charge >= 0.3 is 0 Å². The number of carbonyl (C=O) groups excluding carboxylic acids is 1. The van der Waals surface area contributed by atoms with Crippen molar-refractivity contribution in [3.63, 3.8) is 0 Å². The molecule has 0 saturated heterocycles. The van der Waals surface area contributed by atoms with Gasteiger partial charge in [0.2, 0.25) is 5.91 Å². The molecule has 98 valence electrons. The standard InChI is InChI=1S/C15H21NO2/c17-15(13-7-4-5-8-13)16-11-6-12-18-14-9-2-1-3-10-14/h1-3,9-10,13H,4-8,11-12H2,(H,16,17). The summed E-state index contributed by atoms with van der Waals surface area (Å²) < 4.78 is 5.56. The molecular weight excluding hydrogens is 226 g/mol. The second-order valence-electron chi connectivity index (χ2n) is 4.79. The lowest BCUT2D eigenvalue weighted by atomic mass is 10.1. The number of hydrogen-bond donors (Lipinski definition) is 1. The Morgan fingerprint density at radius 3 is 2.67 bits per heavy atom. The minimum absolute atomic E-state index is 0.229. The van der Waals surface area contributed by atoms with Gasteiger partial charge in [-0.2, -0.15) is 0 Å². The van der Waals surface area contributed by atoms with Crippen LogP contribution in [0.25, 0.3) is 0 Å². The third kappa shape index (κ3) is 4.06. The molecule has 0 radical (unpaired) electrons. The van der Waals surface area contributed by atoms with E-state index < -0.39 is 0 Å². The second kappa shape index (κ2) is 7.04.